The maximum Gasteiger partial charge on any atom is 0.306 e. The van der Waals surface area contributed by atoms with Gasteiger partial charge in [0.1, 0.15) is 0 Å². The Hall–Kier alpha value is -1.43. The Morgan fingerprint density at radius 2 is 2.22 bits per heavy atom. The van der Waals surface area contributed by atoms with E-state index < -0.39 is 5.97 Å². The molecule has 2 atom stereocenters. The van der Waals surface area contributed by atoms with E-state index >= 15 is 0 Å². The molecule has 0 saturated heterocycles. The van der Waals surface area contributed by atoms with Crippen molar-refractivity contribution in [1.82, 2.24) is 10.3 Å². The molecule has 0 unspecified atom stereocenters. The molecule has 1 aliphatic carbocycles. The fourth-order valence-electron chi connectivity index (χ4n) is 2.25. The third kappa shape index (κ3) is 3.07. The van der Waals surface area contributed by atoms with Crippen LogP contribution < -0.4 is 5.32 Å². The van der Waals surface area contributed by atoms with Gasteiger partial charge in [0, 0.05) is 17.0 Å². The molecule has 6 heteroatoms. The summed E-state index contributed by atoms with van der Waals surface area (Å²) in [5.74, 6) is -1.33. The van der Waals surface area contributed by atoms with E-state index in [9.17, 15) is 9.59 Å². The standard InChI is InChI=1S/C12H16N2O3S/c1-7-13-5-10(18-7)6-14-11(15)8-2-3-9(4-8)12(16)17/h5,8-9H,2-4,6H2,1H3,(H,14,15)(H,16,17)/t8-,9+/m1/s1. The van der Waals surface area contributed by atoms with Gasteiger partial charge in [0.2, 0.25) is 5.91 Å². The molecule has 0 aromatic carbocycles. The highest BCUT2D eigenvalue weighted by atomic mass is 32.1. The Morgan fingerprint density at radius 3 is 2.78 bits per heavy atom. The summed E-state index contributed by atoms with van der Waals surface area (Å²) in [5.41, 5.74) is 0. The molecule has 1 aliphatic rings. The molecule has 2 N–H and O–H groups in total. The molecule has 0 bridgehead atoms. The highest BCUT2D eigenvalue weighted by molar-refractivity contribution is 7.11. The van der Waals surface area contributed by atoms with Crippen LogP contribution in [-0.2, 0) is 16.1 Å². The number of carboxylic acids is 1. The number of hydrogen-bond acceptors (Lipinski definition) is 4. The van der Waals surface area contributed by atoms with E-state index in [0.717, 1.165) is 9.88 Å². The van der Waals surface area contributed by atoms with Crippen LogP contribution in [0.5, 0.6) is 0 Å². The first-order valence-corrected chi connectivity index (χ1v) is 6.79. The summed E-state index contributed by atoms with van der Waals surface area (Å²) in [5, 5.41) is 12.7. The summed E-state index contributed by atoms with van der Waals surface area (Å²) >= 11 is 1.56. The minimum atomic E-state index is -0.789. The van der Waals surface area contributed by atoms with Crippen LogP contribution in [0.25, 0.3) is 0 Å². The number of carbonyl (C=O) groups excluding carboxylic acids is 1. The molecule has 0 radical (unpaired) electrons. The van der Waals surface area contributed by atoms with Gasteiger partial charge in [-0.15, -0.1) is 11.3 Å². The molecular weight excluding hydrogens is 252 g/mol. The quantitative estimate of drug-likeness (QED) is 0.868. The van der Waals surface area contributed by atoms with Crippen LogP contribution in [0.2, 0.25) is 0 Å². The van der Waals surface area contributed by atoms with E-state index in [1.54, 1.807) is 17.5 Å². The molecule has 1 saturated carbocycles. The van der Waals surface area contributed by atoms with Crippen molar-refractivity contribution in [3.8, 4) is 0 Å². The second-order valence-corrected chi connectivity index (χ2v) is 5.93. The molecule has 1 heterocycles. The summed E-state index contributed by atoms with van der Waals surface area (Å²) < 4.78 is 0. The number of hydrogen-bond donors (Lipinski definition) is 2. The van der Waals surface area contributed by atoms with Crippen LogP contribution in [0.4, 0.5) is 0 Å². The zero-order chi connectivity index (χ0) is 13.1. The highest BCUT2D eigenvalue weighted by Crippen LogP contribution is 2.31. The number of carboxylic acid groups (broad SMARTS) is 1. The molecule has 1 fully saturated rings. The molecule has 98 valence electrons. The van der Waals surface area contributed by atoms with Gasteiger partial charge in [-0.25, -0.2) is 4.98 Å². The second-order valence-electron chi connectivity index (χ2n) is 4.61. The van der Waals surface area contributed by atoms with Crippen molar-refractivity contribution in [2.24, 2.45) is 11.8 Å². The molecule has 0 spiro atoms. The van der Waals surface area contributed by atoms with Crippen LogP contribution >= 0.6 is 11.3 Å². The summed E-state index contributed by atoms with van der Waals surface area (Å²) in [6.45, 7) is 2.41. The highest BCUT2D eigenvalue weighted by Gasteiger charge is 2.33. The van der Waals surface area contributed by atoms with E-state index in [-0.39, 0.29) is 17.7 Å². The largest absolute Gasteiger partial charge is 0.481 e. The summed E-state index contributed by atoms with van der Waals surface area (Å²) in [6.07, 6.45) is 3.50. The second kappa shape index (κ2) is 5.48. The van der Waals surface area contributed by atoms with Crippen LogP contribution in [0.3, 0.4) is 0 Å². The number of nitrogens with zero attached hydrogens (tertiary/aromatic N) is 1. The lowest BCUT2D eigenvalue weighted by Crippen LogP contribution is -2.29. The SMILES string of the molecule is Cc1ncc(CNC(=O)[C@@H]2CC[C@H](C(=O)O)C2)s1. The maximum absolute atomic E-state index is 11.9. The number of aromatic nitrogens is 1. The first-order chi connectivity index (χ1) is 8.56. The Kier molecular flexibility index (Phi) is 3.96. The van der Waals surface area contributed by atoms with Gasteiger partial charge in [-0.2, -0.15) is 0 Å². The van der Waals surface area contributed by atoms with Gasteiger partial charge in [0.15, 0.2) is 0 Å². The molecule has 1 aromatic rings. The van der Waals surface area contributed by atoms with Crippen LogP contribution in [0.1, 0.15) is 29.1 Å². The van der Waals surface area contributed by atoms with E-state index in [1.807, 2.05) is 6.92 Å². The van der Waals surface area contributed by atoms with Crippen molar-refractivity contribution in [1.29, 1.82) is 0 Å². The lowest BCUT2D eigenvalue weighted by atomic mass is 10.0. The van der Waals surface area contributed by atoms with Gasteiger partial charge in [0.05, 0.1) is 17.5 Å². The van der Waals surface area contributed by atoms with Gasteiger partial charge in [-0.05, 0) is 26.2 Å². The van der Waals surface area contributed by atoms with Gasteiger partial charge < -0.3 is 10.4 Å². The fraction of sp³-hybridized carbons (Fsp3) is 0.583. The van der Waals surface area contributed by atoms with E-state index in [0.29, 0.717) is 25.8 Å². The molecule has 0 aliphatic heterocycles. The maximum atomic E-state index is 11.9. The van der Waals surface area contributed by atoms with Crippen LogP contribution in [0.15, 0.2) is 6.20 Å². The Morgan fingerprint density at radius 1 is 1.50 bits per heavy atom. The Balaban J connectivity index is 1.80. The van der Waals surface area contributed by atoms with Crippen molar-refractivity contribution in [2.75, 3.05) is 0 Å². The van der Waals surface area contributed by atoms with Crippen LogP contribution in [-0.4, -0.2) is 22.0 Å². The number of rotatable bonds is 4. The van der Waals surface area contributed by atoms with Crippen molar-refractivity contribution in [3.05, 3.63) is 16.1 Å². The Bertz CT molecular complexity index is 458. The van der Waals surface area contributed by atoms with Gasteiger partial charge in [-0.3, -0.25) is 9.59 Å². The van der Waals surface area contributed by atoms with Gasteiger partial charge >= 0.3 is 5.97 Å². The minimum Gasteiger partial charge on any atom is -0.481 e. The van der Waals surface area contributed by atoms with E-state index in [4.69, 9.17) is 5.11 Å². The predicted molar refractivity (Wildman–Crippen MR) is 67.2 cm³/mol. The molecule has 18 heavy (non-hydrogen) atoms. The van der Waals surface area contributed by atoms with Crippen LogP contribution in [0, 0.1) is 18.8 Å². The van der Waals surface area contributed by atoms with E-state index in [1.165, 1.54) is 0 Å². The van der Waals surface area contributed by atoms with Crippen molar-refractivity contribution in [3.63, 3.8) is 0 Å². The van der Waals surface area contributed by atoms with E-state index in [2.05, 4.69) is 10.3 Å². The first kappa shape index (κ1) is 13.0. The molecule has 2 rings (SSSR count). The topological polar surface area (TPSA) is 79.3 Å². The summed E-state index contributed by atoms with van der Waals surface area (Å²) in [7, 11) is 0. The molecule has 1 amide bonds. The number of aliphatic carboxylic acids is 1. The molecular formula is C12H16N2O3S. The Labute approximate surface area is 109 Å². The van der Waals surface area contributed by atoms with Crippen molar-refractivity contribution < 1.29 is 14.7 Å². The predicted octanol–water partition coefficient (Wildman–Crippen LogP) is 1.57. The zero-order valence-electron chi connectivity index (χ0n) is 10.2. The fourth-order valence-corrected chi connectivity index (χ4v) is 2.98. The summed E-state index contributed by atoms with van der Waals surface area (Å²) in [4.78, 5) is 27.8. The average molecular weight is 268 g/mol. The minimum absolute atomic E-state index is 0.0372. The normalized spacial score (nSPS) is 22.9. The monoisotopic (exact) mass is 268 g/mol. The number of carbonyl (C=O) groups is 2. The zero-order valence-corrected chi connectivity index (χ0v) is 11.0. The van der Waals surface area contributed by atoms with Gasteiger partial charge in [-0.1, -0.05) is 0 Å². The average Bonchev–Trinajstić information content (AvgIpc) is 2.94. The lowest BCUT2D eigenvalue weighted by molar-refractivity contribution is -0.141. The molecule has 1 aromatic heterocycles. The number of amides is 1. The third-order valence-electron chi connectivity index (χ3n) is 3.26. The molecule has 5 nitrogen and oxygen atoms in total. The van der Waals surface area contributed by atoms with Crippen molar-refractivity contribution in [2.45, 2.75) is 32.7 Å². The first-order valence-electron chi connectivity index (χ1n) is 5.98. The summed E-state index contributed by atoms with van der Waals surface area (Å²) in [6, 6.07) is 0. The van der Waals surface area contributed by atoms with Crippen molar-refractivity contribution >= 4 is 23.2 Å². The third-order valence-corrected chi connectivity index (χ3v) is 4.17. The lowest BCUT2D eigenvalue weighted by Gasteiger charge is -2.09. The smallest absolute Gasteiger partial charge is 0.306 e. The number of aryl methyl sites for hydroxylation is 1. The van der Waals surface area contributed by atoms with Gasteiger partial charge in [0.25, 0.3) is 0 Å². The number of thiazole rings is 1. The number of nitrogens with one attached hydrogen (secondary N) is 1.